The number of nitrogens with two attached hydrogens (primary N) is 1. The molecule has 0 spiro atoms. The zero-order valence-corrected chi connectivity index (χ0v) is 8.15. The minimum atomic E-state index is 0.403. The Morgan fingerprint density at radius 1 is 1.46 bits per heavy atom. The predicted octanol–water partition coefficient (Wildman–Crippen LogP) is 0.607. The van der Waals surface area contributed by atoms with Crippen LogP contribution in [0.5, 0.6) is 0 Å². The summed E-state index contributed by atoms with van der Waals surface area (Å²) in [6, 6.07) is 2.21. The second-order valence-corrected chi connectivity index (χ2v) is 3.11. The zero-order valence-electron chi connectivity index (χ0n) is 8.15. The van der Waals surface area contributed by atoms with Crippen LogP contribution in [0, 0.1) is 0 Å². The maximum Gasteiger partial charge on any atom is 0.145 e. The smallest absolute Gasteiger partial charge is 0.145 e. The quantitative estimate of drug-likeness (QED) is 0.528. The summed E-state index contributed by atoms with van der Waals surface area (Å²) >= 11 is 0. The van der Waals surface area contributed by atoms with Crippen LogP contribution in [0.15, 0.2) is 12.4 Å². The van der Waals surface area contributed by atoms with Gasteiger partial charge < -0.3 is 10.3 Å². The van der Waals surface area contributed by atoms with E-state index in [4.69, 9.17) is 5.84 Å². The lowest BCUT2D eigenvalue weighted by molar-refractivity contribution is 0.741. The van der Waals surface area contributed by atoms with Crippen LogP contribution >= 0.6 is 0 Å². The SMILES string of the molecule is CC(C)N(C)c1cc(NN)ncn1. The molecule has 0 unspecified atom stereocenters. The molecule has 0 fully saturated rings. The van der Waals surface area contributed by atoms with E-state index in [9.17, 15) is 0 Å². The summed E-state index contributed by atoms with van der Waals surface area (Å²) < 4.78 is 0. The van der Waals surface area contributed by atoms with Crippen molar-refractivity contribution in [2.45, 2.75) is 19.9 Å². The van der Waals surface area contributed by atoms with E-state index in [1.807, 2.05) is 11.9 Å². The van der Waals surface area contributed by atoms with E-state index in [1.165, 1.54) is 6.33 Å². The standard InChI is InChI=1S/C8H15N5/c1-6(2)13(3)8-4-7(12-9)10-5-11-8/h4-6H,9H2,1-3H3,(H,10,11,12). The molecule has 0 atom stereocenters. The van der Waals surface area contributed by atoms with Gasteiger partial charge in [0.15, 0.2) is 0 Å². The molecule has 0 aliphatic rings. The van der Waals surface area contributed by atoms with Gasteiger partial charge in [0.2, 0.25) is 0 Å². The molecule has 0 saturated carbocycles. The average molecular weight is 181 g/mol. The summed E-state index contributed by atoms with van der Waals surface area (Å²) in [6.07, 6.45) is 1.49. The highest BCUT2D eigenvalue weighted by atomic mass is 15.3. The van der Waals surface area contributed by atoms with Gasteiger partial charge in [-0.1, -0.05) is 0 Å². The predicted molar refractivity (Wildman–Crippen MR) is 53.4 cm³/mol. The van der Waals surface area contributed by atoms with E-state index in [2.05, 4.69) is 29.2 Å². The maximum absolute atomic E-state index is 5.24. The molecule has 1 aromatic rings. The second kappa shape index (κ2) is 4.04. The molecule has 1 rings (SSSR count). The first kappa shape index (κ1) is 9.73. The molecule has 0 amide bonds. The van der Waals surface area contributed by atoms with Crippen LogP contribution < -0.4 is 16.2 Å². The molecule has 1 heterocycles. The Balaban J connectivity index is 2.88. The Morgan fingerprint density at radius 2 is 2.15 bits per heavy atom. The summed E-state index contributed by atoms with van der Waals surface area (Å²) in [6.45, 7) is 4.19. The van der Waals surface area contributed by atoms with Gasteiger partial charge in [-0.15, -0.1) is 0 Å². The zero-order chi connectivity index (χ0) is 9.84. The summed E-state index contributed by atoms with van der Waals surface area (Å²) in [5.74, 6) is 6.72. The number of aromatic nitrogens is 2. The van der Waals surface area contributed by atoms with Gasteiger partial charge in [-0.25, -0.2) is 15.8 Å². The average Bonchev–Trinajstić information content (AvgIpc) is 2.16. The maximum atomic E-state index is 5.24. The third-order valence-electron chi connectivity index (χ3n) is 1.94. The van der Waals surface area contributed by atoms with Crippen LogP contribution in [-0.4, -0.2) is 23.1 Å². The van der Waals surface area contributed by atoms with Crippen molar-refractivity contribution >= 4 is 11.6 Å². The highest BCUT2D eigenvalue weighted by Gasteiger charge is 2.06. The lowest BCUT2D eigenvalue weighted by Gasteiger charge is -2.22. The number of nitrogens with zero attached hydrogens (tertiary/aromatic N) is 3. The van der Waals surface area contributed by atoms with Crippen LogP contribution in [0.2, 0.25) is 0 Å². The van der Waals surface area contributed by atoms with Crippen LogP contribution in [0.3, 0.4) is 0 Å². The fraction of sp³-hybridized carbons (Fsp3) is 0.500. The van der Waals surface area contributed by atoms with E-state index in [1.54, 1.807) is 6.07 Å². The van der Waals surface area contributed by atoms with Gasteiger partial charge >= 0.3 is 0 Å². The monoisotopic (exact) mass is 181 g/mol. The van der Waals surface area contributed by atoms with E-state index in [-0.39, 0.29) is 0 Å². The van der Waals surface area contributed by atoms with Crippen LogP contribution in [0.4, 0.5) is 11.6 Å². The van der Waals surface area contributed by atoms with Crippen molar-refractivity contribution < 1.29 is 0 Å². The second-order valence-electron chi connectivity index (χ2n) is 3.11. The van der Waals surface area contributed by atoms with Crippen molar-refractivity contribution in [1.29, 1.82) is 0 Å². The van der Waals surface area contributed by atoms with E-state index in [0.29, 0.717) is 11.9 Å². The van der Waals surface area contributed by atoms with Gasteiger partial charge in [-0.05, 0) is 13.8 Å². The number of anilines is 2. The molecule has 13 heavy (non-hydrogen) atoms. The van der Waals surface area contributed by atoms with Crippen molar-refractivity contribution in [3.05, 3.63) is 12.4 Å². The first-order valence-electron chi connectivity index (χ1n) is 4.16. The molecule has 5 heteroatoms. The van der Waals surface area contributed by atoms with Gasteiger partial charge in [0.05, 0.1) is 0 Å². The molecule has 0 aromatic carbocycles. The lowest BCUT2D eigenvalue weighted by atomic mass is 10.3. The minimum Gasteiger partial charge on any atom is -0.357 e. The Kier molecular flexibility index (Phi) is 3.02. The van der Waals surface area contributed by atoms with E-state index in [0.717, 1.165) is 5.82 Å². The Hall–Kier alpha value is -1.36. The topological polar surface area (TPSA) is 67.1 Å². The molecule has 72 valence electrons. The van der Waals surface area contributed by atoms with Crippen molar-refractivity contribution in [3.8, 4) is 0 Å². The highest BCUT2D eigenvalue weighted by molar-refractivity contribution is 5.47. The van der Waals surface area contributed by atoms with Crippen molar-refractivity contribution in [3.63, 3.8) is 0 Å². The molecule has 1 aromatic heterocycles. The molecule has 0 aliphatic carbocycles. The summed E-state index contributed by atoms with van der Waals surface area (Å²) in [5.41, 5.74) is 2.48. The van der Waals surface area contributed by atoms with E-state index < -0.39 is 0 Å². The molecule has 0 aliphatic heterocycles. The Morgan fingerprint density at radius 3 is 2.69 bits per heavy atom. The normalized spacial score (nSPS) is 10.2. The van der Waals surface area contributed by atoms with Crippen molar-refractivity contribution in [2.75, 3.05) is 17.4 Å². The fourth-order valence-electron chi connectivity index (χ4n) is 0.883. The summed E-state index contributed by atoms with van der Waals surface area (Å²) in [7, 11) is 1.98. The van der Waals surface area contributed by atoms with Crippen LogP contribution in [0.25, 0.3) is 0 Å². The van der Waals surface area contributed by atoms with Crippen LogP contribution in [0.1, 0.15) is 13.8 Å². The van der Waals surface area contributed by atoms with Crippen molar-refractivity contribution in [2.24, 2.45) is 5.84 Å². The third-order valence-corrected chi connectivity index (χ3v) is 1.94. The molecule has 0 bridgehead atoms. The lowest BCUT2D eigenvalue weighted by Crippen LogP contribution is -2.26. The molecular weight excluding hydrogens is 166 g/mol. The van der Waals surface area contributed by atoms with Crippen molar-refractivity contribution in [1.82, 2.24) is 9.97 Å². The molecule has 0 radical (unpaired) electrons. The number of hydrazine groups is 1. The minimum absolute atomic E-state index is 0.403. The first-order chi connectivity index (χ1) is 6.15. The molecule has 5 nitrogen and oxygen atoms in total. The molecule has 0 saturated heterocycles. The fourth-order valence-corrected chi connectivity index (χ4v) is 0.883. The van der Waals surface area contributed by atoms with Crippen LogP contribution in [-0.2, 0) is 0 Å². The number of hydrogen-bond acceptors (Lipinski definition) is 5. The number of rotatable bonds is 3. The summed E-state index contributed by atoms with van der Waals surface area (Å²) in [4.78, 5) is 10.1. The van der Waals surface area contributed by atoms with Gasteiger partial charge in [0, 0.05) is 19.2 Å². The van der Waals surface area contributed by atoms with Gasteiger partial charge in [-0.3, -0.25) is 0 Å². The third kappa shape index (κ3) is 2.29. The molecule has 3 N–H and O–H groups in total. The molecular formula is C8H15N5. The largest absolute Gasteiger partial charge is 0.357 e. The number of nitrogens with one attached hydrogen (secondary N) is 1. The van der Waals surface area contributed by atoms with Gasteiger partial charge in [0.25, 0.3) is 0 Å². The van der Waals surface area contributed by atoms with Gasteiger partial charge in [-0.2, -0.15) is 0 Å². The Bertz CT molecular complexity index is 273. The number of nitrogen functional groups attached to an aromatic ring is 1. The van der Waals surface area contributed by atoms with E-state index >= 15 is 0 Å². The number of hydrogen-bond donors (Lipinski definition) is 2. The van der Waals surface area contributed by atoms with Gasteiger partial charge in [0.1, 0.15) is 18.0 Å². The summed E-state index contributed by atoms with van der Waals surface area (Å²) in [5, 5.41) is 0. The first-order valence-corrected chi connectivity index (χ1v) is 4.16. The Labute approximate surface area is 78.0 Å². The highest BCUT2D eigenvalue weighted by Crippen LogP contribution is 2.13.